The van der Waals surface area contributed by atoms with Crippen molar-refractivity contribution >= 4 is 17.5 Å². The van der Waals surface area contributed by atoms with Crippen LogP contribution < -0.4 is 9.47 Å². The highest BCUT2D eigenvalue weighted by atomic mass is 16.6. The summed E-state index contributed by atoms with van der Waals surface area (Å²) in [6.45, 7) is 0.148. The number of hydrogen-bond donors (Lipinski definition) is 2. The van der Waals surface area contributed by atoms with Gasteiger partial charge in [0.05, 0.1) is 17.6 Å². The van der Waals surface area contributed by atoms with Crippen LogP contribution in [0.2, 0.25) is 0 Å². The second-order valence-corrected chi connectivity index (χ2v) is 6.51. The molecule has 0 radical (unpaired) electrons. The van der Waals surface area contributed by atoms with Crippen LogP contribution in [0.15, 0.2) is 66.7 Å². The van der Waals surface area contributed by atoms with E-state index in [2.05, 4.69) is 0 Å². The van der Waals surface area contributed by atoms with E-state index in [0.717, 1.165) is 6.07 Å². The number of ketones is 1. The Labute approximate surface area is 177 Å². The van der Waals surface area contributed by atoms with E-state index in [-0.39, 0.29) is 29.4 Å². The number of carbonyl (C=O) groups is 1. The average molecular weight is 421 g/mol. The van der Waals surface area contributed by atoms with Crippen molar-refractivity contribution in [1.82, 2.24) is 0 Å². The van der Waals surface area contributed by atoms with Crippen molar-refractivity contribution in [2.24, 2.45) is 0 Å². The largest absolute Gasteiger partial charge is 0.508 e. The molecule has 0 heterocycles. The molecule has 0 atom stereocenters. The number of methoxy groups -OCH3 is 1. The quantitative estimate of drug-likeness (QED) is 0.238. The number of hydrogen-bond acceptors (Lipinski definition) is 7. The number of nitro benzene ring substituents is 1. The lowest BCUT2D eigenvalue weighted by atomic mass is 10.1. The Morgan fingerprint density at radius 2 is 1.81 bits per heavy atom. The molecule has 0 unspecified atom stereocenters. The van der Waals surface area contributed by atoms with Gasteiger partial charge in [-0.15, -0.1) is 0 Å². The van der Waals surface area contributed by atoms with Gasteiger partial charge in [0, 0.05) is 23.8 Å². The summed E-state index contributed by atoms with van der Waals surface area (Å²) in [5.41, 5.74) is 1.46. The molecule has 0 aliphatic carbocycles. The smallest absolute Gasteiger partial charge is 0.269 e. The van der Waals surface area contributed by atoms with E-state index >= 15 is 0 Å². The van der Waals surface area contributed by atoms with Crippen molar-refractivity contribution in [3.63, 3.8) is 0 Å². The zero-order valence-corrected chi connectivity index (χ0v) is 16.5. The molecule has 8 nitrogen and oxygen atoms in total. The number of benzene rings is 3. The Bertz CT molecular complexity index is 1140. The van der Waals surface area contributed by atoms with Crippen LogP contribution in [0.5, 0.6) is 23.0 Å². The highest BCUT2D eigenvalue weighted by Gasteiger charge is 2.10. The monoisotopic (exact) mass is 421 g/mol. The van der Waals surface area contributed by atoms with E-state index in [9.17, 15) is 25.1 Å². The number of non-ortho nitro benzene ring substituents is 1. The molecule has 0 aliphatic rings. The highest BCUT2D eigenvalue weighted by Crippen LogP contribution is 2.26. The third-order valence-corrected chi connectivity index (χ3v) is 4.42. The summed E-state index contributed by atoms with van der Waals surface area (Å²) in [6.07, 6.45) is 2.90. The molecule has 0 aliphatic heterocycles. The molecule has 3 rings (SSSR count). The molecule has 8 heteroatoms. The summed E-state index contributed by atoms with van der Waals surface area (Å²) >= 11 is 0. The van der Waals surface area contributed by atoms with Crippen LogP contribution in [-0.2, 0) is 6.61 Å². The Balaban J connectivity index is 1.74. The normalized spacial score (nSPS) is 10.7. The zero-order valence-electron chi connectivity index (χ0n) is 16.5. The van der Waals surface area contributed by atoms with E-state index in [1.807, 2.05) is 0 Å². The van der Waals surface area contributed by atoms with E-state index in [1.165, 1.54) is 49.6 Å². The van der Waals surface area contributed by atoms with E-state index in [0.29, 0.717) is 22.6 Å². The van der Waals surface area contributed by atoms with Crippen molar-refractivity contribution in [3.05, 3.63) is 93.5 Å². The maximum absolute atomic E-state index is 12.3. The number of aromatic hydroxyl groups is 2. The van der Waals surface area contributed by atoms with E-state index < -0.39 is 10.7 Å². The Morgan fingerprint density at radius 3 is 2.45 bits per heavy atom. The third kappa shape index (κ3) is 5.39. The van der Waals surface area contributed by atoms with Gasteiger partial charge < -0.3 is 19.7 Å². The maximum Gasteiger partial charge on any atom is 0.269 e. The van der Waals surface area contributed by atoms with Gasteiger partial charge in [0.2, 0.25) is 0 Å². The number of nitrogens with zero attached hydrogens (tertiary/aromatic N) is 1. The summed E-state index contributed by atoms with van der Waals surface area (Å²) < 4.78 is 11.0. The van der Waals surface area contributed by atoms with Crippen LogP contribution in [0, 0.1) is 10.1 Å². The van der Waals surface area contributed by atoms with Crippen molar-refractivity contribution in [2.75, 3.05) is 7.11 Å². The fourth-order valence-electron chi connectivity index (χ4n) is 2.83. The van der Waals surface area contributed by atoms with Crippen molar-refractivity contribution in [3.8, 4) is 23.0 Å². The Hall–Kier alpha value is -4.33. The van der Waals surface area contributed by atoms with E-state index in [1.54, 1.807) is 24.3 Å². The molecule has 2 N–H and O–H groups in total. The molecule has 0 fully saturated rings. The van der Waals surface area contributed by atoms with Gasteiger partial charge in [-0.3, -0.25) is 14.9 Å². The van der Waals surface area contributed by atoms with Gasteiger partial charge >= 0.3 is 0 Å². The molecule has 0 saturated carbocycles. The predicted molar refractivity (Wildman–Crippen MR) is 114 cm³/mol. The van der Waals surface area contributed by atoms with Gasteiger partial charge in [-0.05, 0) is 48.0 Å². The fraction of sp³-hybridized carbons (Fsp3) is 0.0870. The molecule has 0 saturated heterocycles. The minimum Gasteiger partial charge on any atom is -0.508 e. The average Bonchev–Trinajstić information content (AvgIpc) is 2.76. The molecule has 158 valence electrons. The maximum atomic E-state index is 12.3. The fourth-order valence-corrected chi connectivity index (χ4v) is 2.83. The third-order valence-electron chi connectivity index (χ3n) is 4.42. The van der Waals surface area contributed by atoms with Gasteiger partial charge in [0.1, 0.15) is 29.6 Å². The van der Waals surface area contributed by atoms with Crippen LogP contribution in [0.1, 0.15) is 21.5 Å². The molecule has 3 aromatic carbocycles. The van der Waals surface area contributed by atoms with Crippen molar-refractivity contribution < 1.29 is 29.4 Å². The van der Waals surface area contributed by atoms with Crippen LogP contribution in [0.25, 0.3) is 6.08 Å². The van der Waals surface area contributed by atoms with Crippen LogP contribution in [0.3, 0.4) is 0 Å². The minimum atomic E-state index is -0.484. The van der Waals surface area contributed by atoms with Gasteiger partial charge in [-0.25, -0.2) is 0 Å². The van der Waals surface area contributed by atoms with Gasteiger partial charge in [-0.1, -0.05) is 12.1 Å². The summed E-state index contributed by atoms with van der Waals surface area (Å²) in [5, 5.41) is 29.9. The SMILES string of the molecule is COc1ccc(/C=C/C(=O)c2ccc(O)cc2O)cc1COc1ccc([N+](=O)[O-])cc1. The number of phenols is 2. The van der Waals surface area contributed by atoms with Gasteiger partial charge in [0.25, 0.3) is 5.69 Å². The summed E-state index contributed by atoms with van der Waals surface area (Å²) in [6, 6.07) is 14.8. The van der Waals surface area contributed by atoms with E-state index in [4.69, 9.17) is 9.47 Å². The topological polar surface area (TPSA) is 119 Å². The lowest BCUT2D eigenvalue weighted by molar-refractivity contribution is -0.384. The minimum absolute atomic E-state index is 0.0265. The molecule has 0 bridgehead atoms. The number of carbonyl (C=O) groups excluding carboxylic acids is 1. The molecule has 31 heavy (non-hydrogen) atoms. The molecule has 0 spiro atoms. The lowest BCUT2D eigenvalue weighted by Gasteiger charge is -2.11. The molecule has 0 aromatic heterocycles. The predicted octanol–water partition coefficient (Wildman–Crippen LogP) is 4.49. The summed E-state index contributed by atoms with van der Waals surface area (Å²) in [7, 11) is 1.53. The summed E-state index contributed by atoms with van der Waals surface area (Å²) in [5.74, 6) is 0.192. The first-order valence-corrected chi connectivity index (χ1v) is 9.16. The highest BCUT2D eigenvalue weighted by molar-refractivity contribution is 6.08. The number of nitro groups is 1. The molecule has 0 amide bonds. The number of ether oxygens (including phenoxy) is 2. The standard InChI is InChI=1S/C23H19NO7/c1-30-23-11-3-15(2-10-21(26)20-9-6-18(25)13-22(20)27)12-16(23)14-31-19-7-4-17(5-8-19)24(28)29/h2-13,25,27H,14H2,1H3/b10-2+. The molecule has 3 aromatic rings. The van der Waals surface area contributed by atoms with Gasteiger partial charge in [-0.2, -0.15) is 0 Å². The number of phenolic OH excluding ortho intramolecular Hbond substituents is 2. The van der Waals surface area contributed by atoms with Gasteiger partial charge in [0.15, 0.2) is 5.78 Å². The number of rotatable bonds is 8. The Kier molecular flexibility index (Phi) is 6.51. The first-order chi connectivity index (χ1) is 14.9. The first kappa shape index (κ1) is 21.4. The lowest BCUT2D eigenvalue weighted by Crippen LogP contribution is -2.00. The van der Waals surface area contributed by atoms with Crippen LogP contribution in [-0.4, -0.2) is 28.0 Å². The summed E-state index contributed by atoms with van der Waals surface area (Å²) in [4.78, 5) is 22.6. The molecular weight excluding hydrogens is 402 g/mol. The van der Waals surface area contributed by atoms with Crippen LogP contribution >= 0.6 is 0 Å². The first-order valence-electron chi connectivity index (χ1n) is 9.16. The second kappa shape index (κ2) is 9.45. The Morgan fingerprint density at radius 1 is 1.06 bits per heavy atom. The van der Waals surface area contributed by atoms with Crippen molar-refractivity contribution in [1.29, 1.82) is 0 Å². The second-order valence-electron chi connectivity index (χ2n) is 6.51. The van der Waals surface area contributed by atoms with Crippen LogP contribution in [0.4, 0.5) is 5.69 Å². The number of allylic oxidation sites excluding steroid dienone is 1. The van der Waals surface area contributed by atoms with Crippen molar-refractivity contribution in [2.45, 2.75) is 6.61 Å². The zero-order chi connectivity index (χ0) is 22.4. The molecular formula is C23H19NO7.